The Kier molecular flexibility index (Phi) is 17.6. The number of fused-ring (bicyclic) bond motifs is 5. The highest BCUT2D eigenvalue weighted by atomic mass is 14.5. The Bertz CT molecular complexity index is 900. The molecular weight excluding hydrogens is 444 g/mol. The number of aryl methyl sites for hydroxylation is 1. The Labute approximate surface area is 232 Å². The molecule has 0 heteroatoms. The van der Waals surface area contributed by atoms with Gasteiger partial charge in [-0.2, -0.15) is 0 Å². The Balaban J connectivity index is 0.00000114. The first kappa shape index (κ1) is 34.7. The minimum Gasteiger partial charge on any atom is -0.106 e. The second kappa shape index (κ2) is 18.8. The Morgan fingerprint density at radius 2 is 1.51 bits per heavy atom. The Morgan fingerprint density at radius 3 is 2.14 bits per heavy atom. The van der Waals surface area contributed by atoms with Crippen molar-refractivity contribution in [2.75, 3.05) is 0 Å². The summed E-state index contributed by atoms with van der Waals surface area (Å²) in [6, 6.07) is 18.3. The Morgan fingerprint density at radius 1 is 0.946 bits per heavy atom. The number of allylic oxidation sites excluding steroid dienone is 2. The minimum atomic E-state index is 0.416. The first-order chi connectivity index (χ1) is 17.8. The van der Waals surface area contributed by atoms with Crippen LogP contribution in [0.2, 0.25) is 0 Å². The van der Waals surface area contributed by atoms with Crippen molar-refractivity contribution < 1.29 is 0 Å². The fraction of sp³-hybridized carbons (Fsp3) is 0.514. The molecule has 0 nitrogen and oxygen atoms in total. The third-order valence-electron chi connectivity index (χ3n) is 7.58. The van der Waals surface area contributed by atoms with Gasteiger partial charge in [0.25, 0.3) is 0 Å². The summed E-state index contributed by atoms with van der Waals surface area (Å²) in [5.74, 6) is 2.14. The fourth-order valence-electron chi connectivity index (χ4n) is 5.61. The van der Waals surface area contributed by atoms with Crippen LogP contribution < -0.4 is 0 Å². The molecule has 0 aliphatic heterocycles. The largest absolute Gasteiger partial charge is 0.106 e. The summed E-state index contributed by atoms with van der Waals surface area (Å²) in [4.78, 5) is 0. The molecule has 0 saturated heterocycles. The quantitative estimate of drug-likeness (QED) is 0.314. The van der Waals surface area contributed by atoms with Crippen LogP contribution in [0.5, 0.6) is 0 Å². The third kappa shape index (κ3) is 10.5. The van der Waals surface area contributed by atoms with Crippen molar-refractivity contribution in [1.82, 2.24) is 0 Å². The molecule has 2 aliphatic carbocycles. The minimum absolute atomic E-state index is 0.416. The fourth-order valence-corrected chi connectivity index (χ4v) is 5.61. The van der Waals surface area contributed by atoms with Crippen molar-refractivity contribution in [3.63, 3.8) is 0 Å². The van der Waals surface area contributed by atoms with E-state index in [9.17, 15) is 0 Å². The molecule has 0 aromatic heterocycles. The van der Waals surface area contributed by atoms with Crippen LogP contribution in [0.4, 0.5) is 0 Å². The lowest BCUT2D eigenvalue weighted by Gasteiger charge is -2.28. The first-order valence-corrected chi connectivity index (χ1v) is 14.7. The summed E-state index contributed by atoms with van der Waals surface area (Å²) in [6.07, 6.45) is 10.4. The molecule has 0 N–H and O–H groups in total. The smallest absolute Gasteiger partial charge is 0.0152 e. The van der Waals surface area contributed by atoms with Gasteiger partial charge in [0.15, 0.2) is 0 Å². The van der Waals surface area contributed by atoms with Crippen LogP contribution in [0.1, 0.15) is 98.6 Å². The summed E-state index contributed by atoms with van der Waals surface area (Å²) < 4.78 is 0. The predicted octanol–water partition coefficient (Wildman–Crippen LogP) is 11.9. The van der Waals surface area contributed by atoms with E-state index in [0.29, 0.717) is 11.3 Å². The van der Waals surface area contributed by atoms with Crippen LogP contribution in [0.15, 0.2) is 86.5 Å². The molecule has 0 radical (unpaired) electrons. The van der Waals surface area contributed by atoms with Gasteiger partial charge in [-0.15, -0.1) is 19.7 Å². The highest BCUT2D eigenvalue weighted by Gasteiger charge is 2.45. The SMILES string of the molecule is C=C.C=C1CCCCc2ccccc2-c2cccc(c2)C[C@@H]2C1CC(C)(C)[C@@H]2C.C=CC.CC.CCC. The Hall–Kier alpha value is -2.34. The molecule has 1 unspecified atom stereocenters. The molecule has 1 fully saturated rings. The number of hydrogen-bond acceptors (Lipinski definition) is 0. The van der Waals surface area contributed by atoms with Crippen LogP contribution in [-0.4, -0.2) is 0 Å². The van der Waals surface area contributed by atoms with E-state index < -0.39 is 0 Å². The highest BCUT2D eigenvalue weighted by molar-refractivity contribution is 5.68. The standard InChI is InChI=1S/C27H34.C3H8.C3H6.C2H6.C2H4/c1-19-10-5-6-12-22-13-7-8-15-24(22)23-14-9-11-21(16-23)17-25-20(2)27(3,4)18-26(19)25;2*1-3-2;2*1-2/h7-9,11,13-16,20,25-26H,1,5-6,10,12,17-18H2,2-4H3;3H2,1-2H3;3H,1H2,2H3;1-2H3;1-2H2/t20-,25+,26?;;;;/m1..../s1. The molecule has 0 heterocycles. The summed E-state index contributed by atoms with van der Waals surface area (Å²) in [6.45, 7) is 31.5. The molecule has 0 amide bonds. The average molecular weight is 503 g/mol. The number of benzene rings is 2. The van der Waals surface area contributed by atoms with Crippen LogP contribution in [0, 0.1) is 23.2 Å². The normalized spacial score (nSPS) is 21.3. The summed E-state index contributed by atoms with van der Waals surface area (Å²) in [7, 11) is 0. The zero-order valence-corrected chi connectivity index (χ0v) is 25.7. The maximum atomic E-state index is 4.58. The van der Waals surface area contributed by atoms with Gasteiger partial charge in [-0.3, -0.25) is 0 Å². The summed E-state index contributed by atoms with van der Waals surface area (Å²) in [5.41, 5.74) is 7.74. The van der Waals surface area contributed by atoms with Crippen molar-refractivity contribution in [2.24, 2.45) is 23.2 Å². The van der Waals surface area contributed by atoms with E-state index in [-0.39, 0.29) is 0 Å². The maximum absolute atomic E-state index is 4.58. The molecule has 2 aromatic rings. The molecule has 2 aromatic carbocycles. The van der Waals surface area contributed by atoms with Crippen LogP contribution in [0.25, 0.3) is 11.1 Å². The predicted molar refractivity (Wildman–Crippen MR) is 171 cm³/mol. The van der Waals surface area contributed by atoms with Gasteiger partial charge in [0.05, 0.1) is 0 Å². The zero-order valence-electron chi connectivity index (χ0n) is 25.7. The van der Waals surface area contributed by atoms with Gasteiger partial charge >= 0.3 is 0 Å². The van der Waals surface area contributed by atoms with Crippen molar-refractivity contribution in [2.45, 2.75) is 100 Å². The van der Waals surface area contributed by atoms with Crippen molar-refractivity contribution in [3.05, 3.63) is 97.6 Å². The number of rotatable bonds is 0. The van der Waals surface area contributed by atoms with E-state index in [4.69, 9.17) is 0 Å². The third-order valence-corrected chi connectivity index (χ3v) is 7.58. The lowest BCUT2D eigenvalue weighted by molar-refractivity contribution is 0.236. The van der Waals surface area contributed by atoms with Gasteiger partial charge in [-0.25, -0.2) is 0 Å². The first-order valence-electron chi connectivity index (χ1n) is 14.7. The van der Waals surface area contributed by atoms with Crippen LogP contribution in [-0.2, 0) is 12.8 Å². The summed E-state index contributed by atoms with van der Waals surface area (Å²) in [5, 5.41) is 0. The molecule has 4 rings (SSSR count). The number of hydrogen-bond donors (Lipinski definition) is 0. The lowest BCUT2D eigenvalue weighted by Crippen LogP contribution is -2.21. The average Bonchev–Trinajstić information content (AvgIpc) is 3.13. The topological polar surface area (TPSA) is 0 Å². The second-order valence-corrected chi connectivity index (χ2v) is 10.8. The van der Waals surface area contributed by atoms with Crippen molar-refractivity contribution >= 4 is 0 Å². The van der Waals surface area contributed by atoms with Gasteiger partial charge < -0.3 is 0 Å². The molecule has 3 atom stereocenters. The van der Waals surface area contributed by atoms with E-state index in [1.54, 1.807) is 6.08 Å². The zero-order chi connectivity index (χ0) is 28.4. The van der Waals surface area contributed by atoms with Crippen molar-refractivity contribution in [1.29, 1.82) is 0 Å². The second-order valence-electron chi connectivity index (χ2n) is 10.8. The van der Waals surface area contributed by atoms with Gasteiger partial charge in [0, 0.05) is 0 Å². The lowest BCUT2D eigenvalue weighted by atomic mass is 9.77. The molecule has 2 bridgehead atoms. The monoisotopic (exact) mass is 502 g/mol. The van der Waals surface area contributed by atoms with E-state index in [1.807, 2.05) is 20.8 Å². The molecule has 0 spiro atoms. The molecule has 206 valence electrons. The van der Waals surface area contributed by atoms with Gasteiger partial charge in [-0.1, -0.05) is 122 Å². The highest BCUT2D eigenvalue weighted by Crippen LogP contribution is 2.53. The summed E-state index contributed by atoms with van der Waals surface area (Å²) >= 11 is 0. The van der Waals surface area contributed by atoms with E-state index in [2.05, 4.69) is 109 Å². The van der Waals surface area contributed by atoms with E-state index in [0.717, 1.165) is 11.8 Å². The van der Waals surface area contributed by atoms with Crippen molar-refractivity contribution in [3.8, 4) is 11.1 Å². The van der Waals surface area contributed by atoms with Crippen LogP contribution in [0.3, 0.4) is 0 Å². The van der Waals surface area contributed by atoms with Gasteiger partial charge in [0.1, 0.15) is 0 Å². The van der Waals surface area contributed by atoms with Crippen LogP contribution >= 0.6 is 0 Å². The molecular formula is C37H58. The molecule has 1 saturated carbocycles. The molecule has 37 heavy (non-hydrogen) atoms. The maximum Gasteiger partial charge on any atom is -0.0152 e. The van der Waals surface area contributed by atoms with Gasteiger partial charge in [-0.05, 0) is 90.9 Å². The molecule has 2 aliphatic rings. The van der Waals surface area contributed by atoms with E-state index >= 15 is 0 Å². The van der Waals surface area contributed by atoms with E-state index in [1.165, 1.54) is 72.8 Å². The van der Waals surface area contributed by atoms with Gasteiger partial charge in [0.2, 0.25) is 0 Å².